The Kier molecular flexibility index (Phi) is 5.59. The third-order valence-corrected chi connectivity index (χ3v) is 5.32. The maximum absolute atomic E-state index is 13.0. The van der Waals surface area contributed by atoms with Crippen molar-refractivity contribution in [3.63, 3.8) is 0 Å². The van der Waals surface area contributed by atoms with Gasteiger partial charge >= 0.3 is 6.18 Å². The second kappa shape index (κ2) is 8.23. The Labute approximate surface area is 182 Å². The number of hydrogen-bond donors (Lipinski definition) is 1. The lowest BCUT2D eigenvalue weighted by Gasteiger charge is -2.13. The summed E-state index contributed by atoms with van der Waals surface area (Å²) in [6.07, 6.45) is -0.708. The Morgan fingerprint density at radius 3 is 2.78 bits per heavy atom. The van der Waals surface area contributed by atoms with Gasteiger partial charge in [-0.2, -0.15) is 18.3 Å². The zero-order valence-electron chi connectivity index (χ0n) is 17.7. The number of carbonyl (C=O) groups excluding carboxylic acids is 1. The summed E-state index contributed by atoms with van der Waals surface area (Å²) in [4.78, 5) is 26.6. The molecule has 1 N–H and O–H groups in total. The number of hydrogen-bond acceptors (Lipinski definition) is 6. The van der Waals surface area contributed by atoms with E-state index in [1.165, 1.54) is 26.3 Å². The van der Waals surface area contributed by atoms with E-state index in [1.807, 2.05) is 0 Å². The number of nitrogens with one attached hydrogen (secondary N) is 1. The molecule has 0 saturated heterocycles. The van der Waals surface area contributed by atoms with Gasteiger partial charge in [0.2, 0.25) is 5.95 Å². The van der Waals surface area contributed by atoms with Crippen LogP contribution < -0.4 is 5.32 Å². The van der Waals surface area contributed by atoms with Gasteiger partial charge in [-0.15, -0.1) is 0 Å². The maximum Gasteiger partial charge on any atom is 0.416 e. The number of carbonyl (C=O) groups is 1. The molecule has 2 heterocycles. The van der Waals surface area contributed by atoms with E-state index in [0.717, 1.165) is 34.7 Å². The molecule has 0 spiro atoms. The minimum atomic E-state index is -4.45. The van der Waals surface area contributed by atoms with Crippen LogP contribution in [0.3, 0.4) is 0 Å². The highest BCUT2D eigenvalue weighted by Gasteiger charge is 2.31. The van der Waals surface area contributed by atoms with Gasteiger partial charge in [0.15, 0.2) is 5.69 Å². The maximum atomic E-state index is 13.0. The summed E-state index contributed by atoms with van der Waals surface area (Å²) in [5.74, 6) is -0.219. The van der Waals surface area contributed by atoms with Gasteiger partial charge in [0, 0.05) is 31.5 Å². The van der Waals surface area contributed by atoms with Crippen LogP contribution >= 0.6 is 0 Å². The molecule has 1 aliphatic rings. The summed E-state index contributed by atoms with van der Waals surface area (Å²) in [7, 11) is 4.63. The number of anilines is 2. The molecule has 1 aliphatic carbocycles. The fourth-order valence-electron chi connectivity index (χ4n) is 3.72. The summed E-state index contributed by atoms with van der Waals surface area (Å²) in [5, 5.41) is 8.35. The Morgan fingerprint density at radius 1 is 1.28 bits per heavy atom. The van der Waals surface area contributed by atoms with E-state index < -0.39 is 11.7 Å². The first-order valence-electron chi connectivity index (χ1n) is 9.87. The number of hydroxylamine groups is 2. The third-order valence-electron chi connectivity index (χ3n) is 5.32. The lowest BCUT2D eigenvalue weighted by molar-refractivity contribution is -0.137. The van der Waals surface area contributed by atoms with Crippen molar-refractivity contribution in [1.82, 2.24) is 24.8 Å². The standard InChI is InChI=1S/C21H21F3N6O2/c1-29-18-15(17(28-29)19(31)30(2)32-3)9-4-6-12-11-25-20(27-16(12)18)26-14-8-5-7-13(10-14)21(22,23)24/h5,7-8,10-11H,4,6,9H2,1-3H3,(H,25,26,27). The SMILES string of the molecule is CON(C)C(=O)c1nn(C)c2c1CCCc1cnc(Nc3cccc(C(F)(F)F)c3)nc1-2. The quantitative estimate of drug-likeness (QED) is 0.615. The molecule has 11 heteroatoms. The van der Waals surface area contributed by atoms with Gasteiger partial charge in [-0.05, 0) is 43.0 Å². The number of aryl methyl sites for hydroxylation is 2. The zero-order valence-corrected chi connectivity index (χ0v) is 17.7. The molecule has 0 unspecified atom stereocenters. The fourth-order valence-corrected chi connectivity index (χ4v) is 3.72. The second-order valence-corrected chi connectivity index (χ2v) is 7.41. The van der Waals surface area contributed by atoms with Crippen molar-refractivity contribution in [3.8, 4) is 11.4 Å². The minimum Gasteiger partial charge on any atom is -0.324 e. The molecule has 3 aromatic rings. The van der Waals surface area contributed by atoms with E-state index >= 15 is 0 Å². The van der Waals surface area contributed by atoms with E-state index in [1.54, 1.807) is 17.9 Å². The zero-order chi connectivity index (χ0) is 23.0. The van der Waals surface area contributed by atoms with Crippen LogP contribution in [-0.2, 0) is 30.9 Å². The number of alkyl halides is 3. The lowest BCUT2D eigenvalue weighted by atomic mass is 10.1. The number of halogens is 3. The fraction of sp³-hybridized carbons (Fsp3) is 0.333. The lowest BCUT2D eigenvalue weighted by Crippen LogP contribution is -2.26. The first-order valence-corrected chi connectivity index (χ1v) is 9.87. The number of aromatic nitrogens is 4. The highest BCUT2D eigenvalue weighted by Crippen LogP contribution is 2.34. The van der Waals surface area contributed by atoms with Gasteiger partial charge in [-0.3, -0.25) is 14.3 Å². The molecule has 0 aliphatic heterocycles. The van der Waals surface area contributed by atoms with Gasteiger partial charge in [0.1, 0.15) is 0 Å². The van der Waals surface area contributed by atoms with Crippen molar-refractivity contribution in [2.24, 2.45) is 7.05 Å². The van der Waals surface area contributed by atoms with E-state index in [2.05, 4.69) is 20.4 Å². The normalized spacial score (nSPS) is 13.2. The van der Waals surface area contributed by atoms with Crippen LogP contribution in [0.15, 0.2) is 30.5 Å². The summed E-state index contributed by atoms with van der Waals surface area (Å²) >= 11 is 0. The molecular weight excluding hydrogens is 425 g/mol. The van der Waals surface area contributed by atoms with Gasteiger partial charge in [-0.1, -0.05) is 6.07 Å². The van der Waals surface area contributed by atoms with Crippen molar-refractivity contribution in [3.05, 3.63) is 52.8 Å². The molecule has 0 fully saturated rings. The van der Waals surface area contributed by atoms with Gasteiger partial charge in [-0.25, -0.2) is 15.0 Å². The minimum absolute atomic E-state index is 0.152. The molecule has 1 aromatic carbocycles. The van der Waals surface area contributed by atoms with Gasteiger partial charge < -0.3 is 5.32 Å². The van der Waals surface area contributed by atoms with E-state index in [-0.39, 0.29) is 23.2 Å². The smallest absolute Gasteiger partial charge is 0.324 e. The summed E-state index contributed by atoms with van der Waals surface area (Å²) in [6.45, 7) is 0. The number of amides is 1. The molecule has 8 nitrogen and oxygen atoms in total. The van der Waals surface area contributed by atoms with Crippen LogP contribution in [-0.4, -0.2) is 44.9 Å². The average molecular weight is 446 g/mol. The third kappa shape index (κ3) is 4.03. The Morgan fingerprint density at radius 2 is 2.06 bits per heavy atom. The average Bonchev–Trinajstić information content (AvgIpc) is 2.96. The molecule has 0 bridgehead atoms. The number of nitrogens with zero attached hydrogens (tertiary/aromatic N) is 5. The first-order chi connectivity index (χ1) is 15.2. The predicted octanol–water partition coefficient (Wildman–Crippen LogP) is 3.76. The van der Waals surface area contributed by atoms with Gasteiger partial charge in [0.25, 0.3) is 5.91 Å². The van der Waals surface area contributed by atoms with Crippen molar-refractivity contribution >= 4 is 17.5 Å². The van der Waals surface area contributed by atoms with E-state index in [9.17, 15) is 18.0 Å². The van der Waals surface area contributed by atoms with Crippen molar-refractivity contribution < 1.29 is 22.8 Å². The number of fused-ring (bicyclic) bond motifs is 3. The number of rotatable bonds is 4. The topological polar surface area (TPSA) is 85.2 Å². The highest BCUT2D eigenvalue weighted by atomic mass is 19.4. The predicted molar refractivity (Wildman–Crippen MR) is 110 cm³/mol. The molecule has 2 aromatic heterocycles. The van der Waals surface area contributed by atoms with Crippen LogP contribution in [0.2, 0.25) is 0 Å². The summed E-state index contributed by atoms with van der Waals surface area (Å²) in [6, 6.07) is 4.83. The van der Waals surface area contributed by atoms with E-state index in [4.69, 9.17) is 4.84 Å². The highest BCUT2D eigenvalue weighted by molar-refractivity contribution is 5.95. The molecule has 1 amide bonds. The first kappa shape index (κ1) is 21.8. The monoisotopic (exact) mass is 446 g/mol. The Hall–Kier alpha value is -3.47. The van der Waals surface area contributed by atoms with Crippen molar-refractivity contribution in [2.45, 2.75) is 25.4 Å². The summed E-state index contributed by atoms with van der Waals surface area (Å²) < 4.78 is 40.7. The Balaban J connectivity index is 1.74. The van der Waals surface area contributed by atoms with Gasteiger partial charge in [0.05, 0.1) is 24.1 Å². The number of benzene rings is 1. The molecule has 168 valence electrons. The molecule has 0 radical (unpaired) electrons. The van der Waals surface area contributed by atoms with Crippen LogP contribution in [0.1, 0.15) is 33.6 Å². The second-order valence-electron chi connectivity index (χ2n) is 7.41. The molecule has 32 heavy (non-hydrogen) atoms. The molecule has 4 rings (SSSR count). The van der Waals surface area contributed by atoms with E-state index in [0.29, 0.717) is 24.2 Å². The van der Waals surface area contributed by atoms with Crippen LogP contribution in [0, 0.1) is 0 Å². The summed E-state index contributed by atoms with van der Waals surface area (Å²) in [5.41, 5.74) is 2.64. The van der Waals surface area contributed by atoms with Crippen LogP contribution in [0.25, 0.3) is 11.4 Å². The molecular formula is C21H21F3N6O2. The van der Waals surface area contributed by atoms with Crippen LogP contribution in [0.4, 0.5) is 24.8 Å². The van der Waals surface area contributed by atoms with Crippen molar-refractivity contribution in [2.75, 3.05) is 19.5 Å². The Bertz CT molecular complexity index is 1170. The van der Waals surface area contributed by atoms with Crippen LogP contribution in [0.5, 0.6) is 0 Å². The largest absolute Gasteiger partial charge is 0.416 e. The van der Waals surface area contributed by atoms with Crippen molar-refractivity contribution in [1.29, 1.82) is 0 Å². The molecule has 0 saturated carbocycles. The molecule has 0 atom stereocenters.